The quantitative estimate of drug-likeness (QED) is 0.899. The fraction of sp³-hybridized carbons (Fsp3) is 0.286. The third kappa shape index (κ3) is 3.14. The van der Waals surface area contributed by atoms with Crippen LogP contribution in [0, 0.1) is 6.92 Å². The molecular weight excluding hydrogens is 254 g/mol. The van der Waals surface area contributed by atoms with Crippen molar-refractivity contribution in [2.24, 2.45) is 0 Å². The summed E-state index contributed by atoms with van der Waals surface area (Å²) in [6.07, 6.45) is 1.63. The molecule has 1 N–H and O–H groups in total. The Labute approximate surface area is 118 Å². The van der Waals surface area contributed by atoms with Crippen LogP contribution in [0.5, 0.6) is 0 Å². The van der Waals surface area contributed by atoms with Crippen LogP contribution in [0.25, 0.3) is 0 Å². The monoisotopic (exact) mass is 272 g/mol. The SMILES string of the molecule is [CH2]c1cccc(C(=O)Nn2ncc(N(CC)CC)n2)c1. The van der Waals surface area contributed by atoms with Crippen molar-refractivity contribution in [1.29, 1.82) is 0 Å². The van der Waals surface area contributed by atoms with E-state index in [9.17, 15) is 4.79 Å². The van der Waals surface area contributed by atoms with E-state index in [4.69, 9.17) is 0 Å². The summed E-state index contributed by atoms with van der Waals surface area (Å²) in [6, 6.07) is 7.06. The first-order valence-corrected chi connectivity index (χ1v) is 6.54. The Hall–Kier alpha value is -2.37. The van der Waals surface area contributed by atoms with Gasteiger partial charge in [0.05, 0.1) is 6.20 Å². The number of aromatic nitrogens is 3. The van der Waals surface area contributed by atoms with Gasteiger partial charge >= 0.3 is 0 Å². The molecule has 0 fully saturated rings. The molecule has 0 aliphatic rings. The zero-order chi connectivity index (χ0) is 14.5. The lowest BCUT2D eigenvalue weighted by molar-refractivity contribution is 0.100. The Morgan fingerprint density at radius 1 is 1.40 bits per heavy atom. The second kappa shape index (κ2) is 6.18. The summed E-state index contributed by atoms with van der Waals surface area (Å²) in [5.41, 5.74) is 3.92. The highest BCUT2D eigenvalue weighted by molar-refractivity contribution is 5.99. The molecule has 6 heteroatoms. The molecule has 0 aliphatic heterocycles. The van der Waals surface area contributed by atoms with E-state index in [0.29, 0.717) is 5.56 Å². The molecule has 0 saturated carbocycles. The Morgan fingerprint density at radius 3 is 2.80 bits per heavy atom. The molecular formula is C14H18N5O. The molecule has 0 bridgehead atoms. The number of amides is 1. The fourth-order valence-corrected chi connectivity index (χ4v) is 1.87. The number of nitrogens with zero attached hydrogens (tertiary/aromatic N) is 4. The minimum Gasteiger partial charge on any atom is -0.354 e. The average molecular weight is 272 g/mol. The lowest BCUT2D eigenvalue weighted by atomic mass is 10.1. The third-order valence-electron chi connectivity index (χ3n) is 2.96. The normalized spacial score (nSPS) is 10.3. The second-order valence-corrected chi connectivity index (χ2v) is 4.31. The van der Waals surface area contributed by atoms with Gasteiger partial charge in [0.25, 0.3) is 5.91 Å². The number of benzene rings is 1. The lowest BCUT2D eigenvalue weighted by Gasteiger charge is -2.16. The molecule has 0 unspecified atom stereocenters. The van der Waals surface area contributed by atoms with Gasteiger partial charge in [0, 0.05) is 18.7 Å². The van der Waals surface area contributed by atoms with Gasteiger partial charge in [0.1, 0.15) is 0 Å². The van der Waals surface area contributed by atoms with Crippen molar-refractivity contribution < 1.29 is 4.79 Å². The van der Waals surface area contributed by atoms with Gasteiger partial charge in [-0.2, -0.15) is 0 Å². The molecule has 2 rings (SSSR count). The summed E-state index contributed by atoms with van der Waals surface area (Å²) in [4.78, 5) is 15.3. The molecule has 1 aromatic carbocycles. The molecule has 1 amide bonds. The summed E-state index contributed by atoms with van der Waals surface area (Å²) < 4.78 is 0. The summed E-state index contributed by atoms with van der Waals surface area (Å²) in [5.74, 6) is 0.471. The summed E-state index contributed by atoms with van der Waals surface area (Å²) in [7, 11) is 0. The smallest absolute Gasteiger partial charge is 0.272 e. The van der Waals surface area contributed by atoms with Crippen LogP contribution in [0.4, 0.5) is 5.82 Å². The van der Waals surface area contributed by atoms with Crippen molar-refractivity contribution in [1.82, 2.24) is 15.1 Å². The predicted molar refractivity (Wildman–Crippen MR) is 78.2 cm³/mol. The van der Waals surface area contributed by atoms with Crippen LogP contribution in [0.15, 0.2) is 30.5 Å². The molecule has 0 atom stereocenters. The Balaban J connectivity index is 2.09. The van der Waals surface area contributed by atoms with Crippen LogP contribution in [0.3, 0.4) is 0 Å². The number of hydrogen-bond donors (Lipinski definition) is 1. The van der Waals surface area contributed by atoms with Crippen molar-refractivity contribution in [2.45, 2.75) is 13.8 Å². The van der Waals surface area contributed by atoms with Gasteiger partial charge in [-0.1, -0.05) is 17.0 Å². The van der Waals surface area contributed by atoms with Crippen molar-refractivity contribution >= 4 is 11.7 Å². The minimum atomic E-state index is -0.266. The number of rotatable bonds is 5. The van der Waals surface area contributed by atoms with Crippen LogP contribution >= 0.6 is 0 Å². The van der Waals surface area contributed by atoms with E-state index in [0.717, 1.165) is 24.5 Å². The van der Waals surface area contributed by atoms with Gasteiger partial charge < -0.3 is 4.90 Å². The average Bonchev–Trinajstić information content (AvgIpc) is 2.88. The van der Waals surface area contributed by atoms with Crippen LogP contribution < -0.4 is 10.3 Å². The standard InChI is InChI=1S/C14H18N5O/c1-4-18(5-2)13-10-15-19(16-13)17-14(20)12-8-6-7-11(3)9-12/h6-10H,3-5H2,1-2H3,(H,17,20). The van der Waals surface area contributed by atoms with Crippen LogP contribution in [-0.4, -0.2) is 34.1 Å². The van der Waals surface area contributed by atoms with E-state index in [1.54, 1.807) is 24.4 Å². The highest BCUT2D eigenvalue weighted by Gasteiger charge is 2.10. The van der Waals surface area contributed by atoms with E-state index in [1.165, 1.54) is 4.91 Å². The topological polar surface area (TPSA) is 63.1 Å². The number of carbonyl (C=O) groups excluding carboxylic acids is 1. The van der Waals surface area contributed by atoms with Crippen LogP contribution in [0.2, 0.25) is 0 Å². The molecule has 2 aromatic rings. The minimum absolute atomic E-state index is 0.266. The van der Waals surface area contributed by atoms with Gasteiger partial charge in [-0.15, -0.1) is 10.2 Å². The third-order valence-corrected chi connectivity index (χ3v) is 2.96. The van der Waals surface area contributed by atoms with Gasteiger partial charge in [0.15, 0.2) is 5.82 Å². The van der Waals surface area contributed by atoms with Crippen molar-refractivity contribution in [3.05, 3.63) is 48.5 Å². The van der Waals surface area contributed by atoms with Crippen molar-refractivity contribution in [2.75, 3.05) is 23.4 Å². The zero-order valence-corrected chi connectivity index (χ0v) is 11.7. The Bertz CT molecular complexity index is 589. The fourth-order valence-electron chi connectivity index (χ4n) is 1.87. The summed E-state index contributed by atoms with van der Waals surface area (Å²) in [6.45, 7) is 9.56. The maximum absolute atomic E-state index is 12.0. The Morgan fingerprint density at radius 2 is 2.15 bits per heavy atom. The summed E-state index contributed by atoms with van der Waals surface area (Å²) >= 11 is 0. The number of carbonyl (C=O) groups is 1. The molecule has 0 spiro atoms. The highest BCUT2D eigenvalue weighted by atomic mass is 16.2. The largest absolute Gasteiger partial charge is 0.354 e. The van der Waals surface area contributed by atoms with E-state index in [2.05, 4.69) is 22.5 Å². The van der Waals surface area contributed by atoms with E-state index >= 15 is 0 Å². The molecule has 6 nitrogen and oxygen atoms in total. The number of hydrogen-bond acceptors (Lipinski definition) is 4. The Kier molecular flexibility index (Phi) is 4.34. The number of anilines is 1. The molecule has 1 aromatic heterocycles. The first kappa shape index (κ1) is 14.0. The molecule has 105 valence electrons. The molecule has 0 aliphatic carbocycles. The van der Waals surface area contributed by atoms with Crippen LogP contribution in [-0.2, 0) is 0 Å². The first-order chi connectivity index (χ1) is 9.63. The van der Waals surface area contributed by atoms with Gasteiger partial charge in [-0.05, 0) is 38.5 Å². The van der Waals surface area contributed by atoms with E-state index < -0.39 is 0 Å². The number of nitrogens with one attached hydrogen (secondary N) is 1. The molecule has 20 heavy (non-hydrogen) atoms. The second-order valence-electron chi connectivity index (χ2n) is 4.31. The van der Waals surface area contributed by atoms with Crippen molar-refractivity contribution in [3.63, 3.8) is 0 Å². The zero-order valence-electron chi connectivity index (χ0n) is 11.7. The highest BCUT2D eigenvalue weighted by Crippen LogP contribution is 2.07. The van der Waals surface area contributed by atoms with Crippen LogP contribution in [0.1, 0.15) is 29.8 Å². The molecule has 1 radical (unpaired) electrons. The maximum Gasteiger partial charge on any atom is 0.272 e. The lowest BCUT2D eigenvalue weighted by Crippen LogP contribution is -2.26. The van der Waals surface area contributed by atoms with E-state index in [1.807, 2.05) is 24.8 Å². The van der Waals surface area contributed by atoms with Crippen molar-refractivity contribution in [3.8, 4) is 0 Å². The first-order valence-electron chi connectivity index (χ1n) is 6.54. The van der Waals surface area contributed by atoms with Gasteiger partial charge in [0.2, 0.25) is 0 Å². The molecule has 1 heterocycles. The predicted octanol–water partition coefficient (Wildman–Crippen LogP) is 1.69. The van der Waals surface area contributed by atoms with E-state index in [-0.39, 0.29) is 5.91 Å². The van der Waals surface area contributed by atoms with Gasteiger partial charge in [-0.25, -0.2) is 5.43 Å². The summed E-state index contributed by atoms with van der Waals surface area (Å²) in [5, 5.41) is 8.26. The van der Waals surface area contributed by atoms with Gasteiger partial charge in [-0.3, -0.25) is 4.79 Å². The molecule has 0 saturated heterocycles. The maximum atomic E-state index is 12.0.